The van der Waals surface area contributed by atoms with E-state index in [-0.39, 0.29) is 5.54 Å². The molecule has 1 heterocycles. The number of benzene rings is 1. The van der Waals surface area contributed by atoms with Gasteiger partial charge in [0.2, 0.25) is 0 Å². The van der Waals surface area contributed by atoms with Gasteiger partial charge in [-0.1, -0.05) is 28.1 Å². The number of rotatable bonds is 4. The van der Waals surface area contributed by atoms with Crippen LogP contribution in [-0.4, -0.2) is 24.6 Å². The Morgan fingerprint density at radius 1 is 1.24 bits per heavy atom. The van der Waals surface area contributed by atoms with Crippen molar-refractivity contribution >= 4 is 27.5 Å². The minimum atomic E-state index is 0.0485. The lowest BCUT2D eigenvalue weighted by molar-refractivity contribution is 0.0459. The van der Waals surface area contributed by atoms with Crippen molar-refractivity contribution in [2.24, 2.45) is 0 Å². The van der Waals surface area contributed by atoms with E-state index < -0.39 is 0 Å². The fraction of sp³-hybridized carbons (Fsp3) is 0.538. The van der Waals surface area contributed by atoms with E-state index in [0.29, 0.717) is 5.88 Å². The minimum Gasteiger partial charge on any atom is -0.381 e. The average Bonchev–Trinajstić information content (AvgIpc) is 2.39. The molecule has 0 aromatic heterocycles. The lowest BCUT2D eigenvalue weighted by Crippen LogP contribution is -2.50. The summed E-state index contributed by atoms with van der Waals surface area (Å²) in [4.78, 5) is 0. The van der Waals surface area contributed by atoms with Gasteiger partial charge >= 0.3 is 0 Å². The van der Waals surface area contributed by atoms with E-state index in [1.165, 1.54) is 5.56 Å². The van der Waals surface area contributed by atoms with E-state index in [1.807, 2.05) is 0 Å². The molecular formula is C13H17BrClNO. The molecule has 1 N–H and O–H groups in total. The Hall–Kier alpha value is -0.0900. The van der Waals surface area contributed by atoms with Crippen LogP contribution in [0.15, 0.2) is 28.7 Å². The average molecular weight is 319 g/mol. The van der Waals surface area contributed by atoms with Crippen LogP contribution in [0.25, 0.3) is 0 Å². The second kappa shape index (κ2) is 6.19. The second-order valence-corrected chi connectivity index (χ2v) is 5.69. The molecule has 0 amide bonds. The zero-order valence-electron chi connectivity index (χ0n) is 9.72. The SMILES string of the molecule is ClCC1(NCc2ccc(Br)cc2)CCOCC1. The molecule has 0 aliphatic carbocycles. The summed E-state index contributed by atoms with van der Waals surface area (Å²) >= 11 is 9.54. The molecule has 1 aromatic rings. The topological polar surface area (TPSA) is 21.3 Å². The quantitative estimate of drug-likeness (QED) is 0.860. The van der Waals surface area contributed by atoms with Gasteiger partial charge in [0.1, 0.15) is 0 Å². The molecule has 1 aliphatic rings. The van der Waals surface area contributed by atoms with E-state index in [0.717, 1.165) is 37.1 Å². The lowest BCUT2D eigenvalue weighted by Gasteiger charge is -2.36. The van der Waals surface area contributed by atoms with Gasteiger partial charge in [-0.25, -0.2) is 0 Å². The molecule has 0 bridgehead atoms. The Morgan fingerprint density at radius 2 is 1.88 bits per heavy atom. The first-order valence-electron chi connectivity index (χ1n) is 5.87. The van der Waals surface area contributed by atoms with Crippen molar-refractivity contribution in [1.82, 2.24) is 5.32 Å². The highest BCUT2D eigenvalue weighted by Crippen LogP contribution is 2.23. The number of nitrogens with one attached hydrogen (secondary N) is 1. The van der Waals surface area contributed by atoms with Gasteiger partial charge in [-0.05, 0) is 30.5 Å². The van der Waals surface area contributed by atoms with E-state index >= 15 is 0 Å². The van der Waals surface area contributed by atoms with Gasteiger partial charge in [0, 0.05) is 35.7 Å². The van der Waals surface area contributed by atoms with Crippen LogP contribution in [0.1, 0.15) is 18.4 Å². The molecule has 4 heteroatoms. The summed E-state index contributed by atoms with van der Waals surface area (Å²) in [6, 6.07) is 8.37. The monoisotopic (exact) mass is 317 g/mol. The first kappa shape index (κ1) is 13.3. The summed E-state index contributed by atoms with van der Waals surface area (Å²) in [6.45, 7) is 2.47. The maximum absolute atomic E-state index is 6.10. The van der Waals surface area contributed by atoms with Gasteiger partial charge in [-0.2, -0.15) is 0 Å². The molecule has 1 saturated heterocycles. The summed E-state index contributed by atoms with van der Waals surface area (Å²) in [6.07, 6.45) is 1.99. The Balaban J connectivity index is 1.93. The van der Waals surface area contributed by atoms with E-state index in [9.17, 15) is 0 Å². The van der Waals surface area contributed by atoms with Gasteiger partial charge in [-0.15, -0.1) is 11.6 Å². The molecular weight excluding hydrogens is 302 g/mol. The van der Waals surface area contributed by atoms with Crippen LogP contribution in [0.4, 0.5) is 0 Å². The largest absolute Gasteiger partial charge is 0.381 e. The Kier molecular flexibility index (Phi) is 4.86. The maximum atomic E-state index is 6.10. The Morgan fingerprint density at radius 3 is 2.47 bits per heavy atom. The van der Waals surface area contributed by atoms with E-state index in [1.54, 1.807) is 0 Å². The second-order valence-electron chi connectivity index (χ2n) is 4.51. The number of alkyl halides is 1. The van der Waals surface area contributed by atoms with Gasteiger partial charge in [0.15, 0.2) is 0 Å². The van der Waals surface area contributed by atoms with E-state index in [2.05, 4.69) is 45.5 Å². The van der Waals surface area contributed by atoms with Gasteiger partial charge in [0.25, 0.3) is 0 Å². The van der Waals surface area contributed by atoms with Gasteiger partial charge in [-0.3, -0.25) is 0 Å². The molecule has 0 spiro atoms. The summed E-state index contributed by atoms with van der Waals surface area (Å²) < 4.78 is 6.50. The number of halogens is 2. The predicted molar refractivity (Wildman–Crippen MR) is 74.5 cm³/mol. The van der Waals surface area contributed by atoms with Crippen LogP contribution in [0, 0.1) is 0 Å². The molecule has 17 heavy (non-hydrogen) atoms. The molecule has 2 rings (SSSR count). The highest BCUT2D eigenvalue weighted by molar-refractivity contribution is 9.10. The van der Waals surface area contributed by atoms with E-state index in [4.69, 9.17) is 16.3 Å². The zero-order valence-corrected chi connectivity index (χ0v) is 12.1. The maximum Gasteiger partial charge on any atom is 0.0484 e. The van der Waals surface area contributed by atoms with Crippen molar-refractivity contribution in [3.63, 3.8) is 0 Å². The molecule has 0 saturated carbocycles. The molecule has 1 fully saturated rings. The molecule has 0 radical (unpaired) electrons. The van der Waals surface area contributed by atoms with Crippen molar-refractivity contribution in [2.45, 2.75) is 24.9 Å². The number of hydrogen-bond acceptors (Lipinski definition) is 2. The molecule has 1 aromatic carbocycles. The number of hydrogen-bond donors (Lipinski definition) is 1. The first-order valence-corrected chi connectivity index (χ1v) is 7.20. The highest BCUT2D eigenvalue weighted by Gasteiger charge is 2.30. The number of ether oxygens (including phenoxy) is 1. The summed E-state index contributed by atoms with van der Waals surface area (Å²) in [5.74, 6) is 0.646. The highest BCUT2D eigenvalue weighted by atomic mass is 79.9. The molecule has 94 valence electrons. The standard InChI is InChI=1S/C13H17BrClNO/c14-12-3-1-11(2-4-12)9-16-13(10-15)5-7-17-8-6-13/h1-4,16H,5-10H2. The third-order valence-corrected chi connectivity index (χ3v) is 4.33. The fourth-order valence-corrected chi connectivity index (χ4v) is 2.64. The van der Waals surface area contributed by atoms with Crippen molar-refractivity contribution in [1.29, 1.82) is 0 Å². The van der Waals surface area contributed by atoms with Crippen LogP contribution >= 0.6 is 27.5 Å². The van der Waals surface area contributed by atoms with Crippen molar-refractivity contribution in [2.75, 3.05) is 19.1 Å². The molecule has 1 aliphatic heterocycles. The van der Waals surface area contributed by atoms with Gasteiger partial charge < -0.3 is 10.1 Å². The minimum absolute atomic E-state index is 0.0485. The van der Waals surface area contributed by atoms with Crippen LogP contribution in [0.5, 0.6) is 0 Å². The third kappa shape index (κ3) is 3.68. The van der Waals surface area contributed by atoms with Crippen LogP contribution in [0.3, 0.4) is 0 Å². The fourth-order valence-electron chi connectivity index (χ4n) is 2.01. The molecule has 2 nitrogen and oxygen atoms in total. The lowest BCUT2D eigenvalue weighted by atomic mass is 9.92. The van der Waals surface area contributed by atoms with Crippen molar-refractivity contribution < 1.29 is 4.74 Å². The first-order chi connectivity index (χ1) is 8.24. The Bertz CT molecular complexity index is 349. The van der Waals surface area contributed by atoms with Crippen molar-refractivity contribution in [3.8, 4) is 0 Å². The molecule has 0 unspecified atom stereocenters. The normalized spacial score (nSPS) is 19.2. The Labute approximate surface area is 116 Å². The zero-order chi connectivity index (χ0) is 12.1. The summed E-state index contributed by atoms with van der Waals surface area (Å²) in [5, 5.41) is 3.59. The predicted octanol–water partition coefficient (Wildman–Crippen LogP) is 3.33. The smallest absolute Gasteiger partial charge is 0.0484 e. The third-order valence-electron chi connectivity index (χ3n) is 3.29. The van der Waals surface area contributed by atoms with Gasteiger partial charge in [0.05, 0.1) is 0 Å². The summed E-state index contributed by atoms with van der Waals surface area (Å²) in [7, 11) is 0. The van der Waals surface area contributed by atoms with Crippen LogP contribution in [-0.2, 0) is 11.3 Å². The molecule has 0 atom stereocenters. The van der Waals surface area contributed by atoms with Crippen LogP contribution < -0.4 is 5.32 Å². The van der Waals surface area contributed by atoms with Crippen molar-refractivity contribution in [3.05, 3.63) is 34.3 Å². The van der Waals surface area contributed by atoms with Crippen LogP contribution in [0.2, 0.25) is 0 Å². The summed E-state index contributed by atoms with van der Waals surface area (Å²) in [5.41, 5.74) is 1.33.